The van der Waals surface area contributed by atoms with E-state index < -0.39 is 5.97 Å². The highest BCUT2D eigenvalue weighted by atomic mass is 16.4. The molecule has 0 aliphatic carbocycles. The van der Waals surface area contributed by atoms with Crippen LogP contribution >= 0.6 is 0 Å². The number of nitrogens with zero attached hydrogens (tertiary/aromatic N) is 1. The normalized spacial score (nSPS) is 10.4. The Morgan fingerprint density at radius 2 is 1.75 bits per heavy atom. The lowest BCUT2D eigenvalue weighted by Gasteiger charge is -2.09. The van der Waals surface area contributed by atoms with Crippen molar-refractivity contribution in [1.82, 2.24) is 4.98 Å². The fourth-order valence-electron chi connectivity index (χ4n) is 2.18. The number of aromatic carboxylic acids is 1. The molecule has 0 spiro atoms. The average Bonchev–Trinajstić information content (AvgIpc) is 3.01. The first-order valence-electron chi connectivity index (χ1n) is 6.09. The standard InChI is InChI=1S/C16H11NO3/c18-16(19)14-12(11-5-2-1-3-6-11)7-4-8-13(14)15-17-9-10-20-15/h1-10H,(H,18,19). The number of aromatic nitrogens is 1. The van der Waals surface area contributed by atoms with Crippen LogP contribution < -0.4 is 0 Å². The number of hydrogen-bond acceptors (Lipinski definition) is 3. The van der Waals surface area contributed by atoms with Crippen LogP contribution in [0.15, 0.2) is 65.4 Å². The van der Waals surface area contributed by atoms with Crippen molar-refractivity contribution in [2.45, 2.75) is 0 Å². The van der Waals surface area contributed by atoms with Gasteiger partial charge in [-0.25, -0.2) is 9.78 Å². The minimum absolute atomic E-state index is 0.196. The van der Waals surface area contributed by atoms with E-state index in [1.54, 1.807) is 18.2 Å². The topological polar surface area (TPSA) is 63.3 Å². The second-order valence-corrected chi connectivity index (χ2v) is 4.24. The molecule has 1 N–H and O–H groups in total. The van der Waals surface area contributed by atoms with E-state index in [2.05, 4.69) is 4.98 Å². The van der Waals surface area contributed by atoms with Gasteiger partial charge in [-0.3, -0.25) is 0 Å². The molecule has 0 fully saturated rings. The summed E-state index contributed by atoms with van der Waals surface area (Å²) in [6.07, 6.45) is 2.92. The number of rotatable bonds is 3. The first-order chi connectivity index (χ1) is 9.77. The molecule has 1 heterocycles. The Kier molecular flexibility index (Phi) is 3.05. The Balaban J connectivity index is 2.26. The van der Waals surface area contributed by atoms with Gasteiger partial charge in [0, 0.05) is 0 Å². The fourth-order valence-corrected chi connectivity index (χ4v) is 2.18. The summed E-state index contributed by atoms with van der Waals surface area (Å²) in [7, 11) is 0. The number of carboxylic acid groups (broad SMARTS) is 1. The van der Waals surface area contributed by atoms with Gasteiger partial charge in [0.25, 0.3) is 0 Å². The molecule has 0 aliphatic heterocycles. The Labute approximate surface area is 115 Å². The minimum atomic E-state index is -1.00. The van der Waals surface area contributed by atoms with Crippen molar-refractivity contribution in [2.75, 3.05) is 0 Å². The summed E-state index contributed by atoms with van der Waals surface area (Å²) in [4.78, 5) is 15.7. The van der Waals surface area contributed by atoms with Crippen LogP contribution in [0.1, 0.15) is 10.4 Å². The van der Waals surface area contributed by atoms with Gasteiger partial charge in [0.1, 0.15) is 6.26 Å². The van der Waals surface area contributed by atoms with Crippen LogP contribution in [-0.4, -0.2) is 16.1 Å². The predicted octanol–water partition coefficient (Wildman–Crippen LogP) is 3.71. The number of hydrogen-bond donors (Lipinski definition) is 1. The third kappa shape index (κ3) is 2.07. The zero-order chi connectivity index (χ0) is 13.9. The maximum atomic E-state index is 11.6. The van der Waals surface area contributed by atoms with Crippen LogP contribution in [-0.2, 0) is 0 Å². The largest absolute Gasteiger partial charge is 0.478 e. The van der Waals surface area contributed by atoms with Gasteiger partial charge in [-0.1, -0.05) is 42.5 Å². The van der Waals surface area contributed by atoms with Crippen molar-refractivity contribution in [1.29, 1.82) is 0 Å². The van der Waals surface area contributed by atoms with Crippen LogP contribution in [0.4, 0.5) is 0 Å². The molecular formula is C16H11NO3. The molecule has 98 valence electrons. The highest BCUT2D eigenvalue weighted by Crippen LogP contribution is 2.31. The number of carboxylic acids is 1. The van der Waals surface area contributed by atoms with Gasteiger partial charge in [-0.2, -0.15) is 0 Å². The lowest BCUT2D eigenvalue weighted by Crippen LogP contribution is -2.02. The average molecular weight is 265 g/mol. The van der Waals surface area contributed by atoms with E-state index in [4.69, 9.17) is 4.42 Å². The van der Waals surface area contributed by atoms with E-state index in [1.807, 2.05) is 30.3 Å². The third-order valence-corrected chi connectivity index (χ3v) is 3.03. The molecule has 2 aromatic carbocycles. The van der Waals surface area contributed by atoms with Crippen molar-refractivity contribution < 1.29 is 14.3 Å². The molecule has 0 aliphatic rings. The first kappa shape index (κ1) is 12.2. The molecule has 4 heteroatoms. The molecule has 0 saturated heterocycles. The lowest BCUT2D eigenvalue weighted by molar-refractivity contribution is 0.0698. The van der Waals surface area contributed by atoms with Crippen LogP contribution in [0.5, 0.6) is 0 Å². The summed E-state index contributed by atoms with van der Waals surface area (Å²) in [5.74, 6) is -0.696. The molecular weight excluding hydrogens is 254 g/mol. The second-order valence-electron chi connectivity index (χ2n) is 4.24. The summed E-state index contributed by atoms with van der Waals surface area (Å²) in [5.41, 5.74) is 2.16. The van der Waals surface area contributed by atoms with Crippen LogP contribution in [0, 0.1) is 0 Å². The highest BCUT2D eigenvalue weighted by molar-refractivity contribution is 6.02. The quantitative estimate of drug-likeness (QED) is 0.784. The molecule has 20 heavy (non-hydrogen) atoms. The van der Waals surface area contributed by atoms with Crippen LogP contribution in [0.2, 0.25) is 0 Å². The Morgan fingerprint density at radius 3 is 2.40 bits per heavy atom. The molecule has 1 aromatic heterocycles. The van der Waals surface area contributed by atoms with E-state index >= 15 is 0 Å². The van der Waals surface area contributed by atoms with Gasteiger partial charge in [-0.15, -0.1) is 0 Å². The Bertz CT molecular complexity index is 734. The summed E-state index contributed by atoms with van der Waals surface area (Å²) in [6, 6.07) is 14.7. The third-order valence-electron chi connectivity index (χ3n) is 3.03. The van der Waals surface area contributed by atoms with Crippen molar-refractivity contribution in [2.24, 2.45) is 0 Å². The number of carbonyl (C=O) groups is 1. The summed E-state index contributed by atoms with van der Waals surface area (Å²) in [5, 5.41) is 9.54. The molecule has 0 saturated carbocycles. The van der Waals surface area contributed by atoms with Gasteiger partial charge < -0.3 is 9.52 Å². The van der Waals surface area contributed by atoms with E-state index in [0.29, 0.717) is 17.0 Å². The van der Waals surface area contributed by atoms with Crippen molar-refractivity contribution >= 4 is 5.97 Å². The smallest absolute Gasteiger partial charge is 0.337 e. The van der Waals surface area contributed by atoms with E-state index in [-0.39, 0.29) is 5.56 Å². The molecule has 3 aromatic rings. The highest BCUT2D eigenvalue weighted by Gasteiger charge is 2.19. The molecule has 0 radical (unpaired) electrons. The van der Waals surface area contributed by atoms with Crippen molar-refractivity contribution in [3.63, 3.8) is 0 Å². The summed E-state index contributed by atoms with van der Waals surface area (Å²) < 4.78 is 5.23. The number of benzene rings is 2. The Morgan fingerprint density at radius 1 is 1.00 bits per heavy atom. The monoisotopic (exact) mass is 265 g/mol. The maximum absolute atomic E-state index is 11.6. The molecule has 0 bridgehead atoms. The maximum Gasteiger partial charge on any atom is 0.337 e. The zero-order valence-corrected chi connectivity index (χ0v) is 10.5. The van der Waals surface area contributed by atoms with Crippen LogP contribution in [0.3, 0.4) is 0 Å². The number of oxazole rings is 1. The van der Waals surface area contributed by atoms with Gasteiger partial charge in [0.15, 0.2) is 0 Å². The van der Waals surface area contributed by atoms with Crippen LogP contribution in [0.25, 0.3) is 22.6 Å². The van der Waals surface area contributed by atoms with Crippen molar-refractivity contribution in [3.8, 4) is 22.6 Å². The summed E-state index contributed by atoms with van der Waals surface area (Å²) >= 11 is 0. The van der Waals surface area contributed by atoms with Crippen molar-refractivity contribution in [3.05, 3.63) is 66.6 Å². The predicted molar refractivity (Wildman–Crippen MR) is 74.3 cm³/mol. The first-order valence-corrected chi connectivity index (χ1v) is 6.09. The molecule has 0 unspecified atom stereocenters. The van der Waals surface area contributed by atoms with E-state index in [0.717, 1.165) is 5.56 Å². The van der Waals surface area contributed by atoms with Gasteiger partial charge in [0.05, 0.1) is 17.3 Å². The lowest BCUT2D eigenvalue weighted by atomic mass is 9.95. The van der Waals surface area contributed by atoms with E-state index in [1.165, 1.54) is 12.5 Å². The van der Waals surface area contributed by atoms with Gasteiger partial charge in [-0.05, 0) is 17.2 Å². The fraction of sp³-hybridized carbons (Fsp3) is 0. The minimum Gasteiger partial charge on any atom is -0.478 e. The second kappa shape index (κ2) is 5.01. The molecule has 0 atom stereocenters. The van der Waals surface area contributed by atoms with Gasteiger partial charge >= 0.3 is 5.97 Å². The Hall–Kier alpha value is -2.88. The molecule has 3 rings (SSSR count). The molecule has 4 nitrogen and oxygen atoms in total. The SMILES string of the molecule is O=C(O)c1c(-c2ccccc2)cccc1-c1ncco1. The van der Waals surface area contributed by atoms with E-state index in [9.17, 15) is 9.90 Å². The summed E-state index contributed by atoms with van der Waals surface area (Å²) in [6.45, 7) is 0. The molecule has 0 amide bonds. The zero-order valence-electron chi connectivity index (χ0n) is 10.5. The van der Waals surface area contributed by atoms with Gasteiger partial charge in [0.2, 0.25) is 5.89 Å².